The van der Waals surface area contributed by atoms with Crippen LogP contribution in [0, 0.1) is 13.8 Å². The summed E-state index contributed by atoms with van der Waals surface area (Å²) in [6, 6.07) is 9.33. The summed E-state index contributed by atoms with van der Waals surface area (Å²) in [5.41, 5.74) is 2.46. The SMILES string of the molecule is CCC(C(=O)OC(C)C(=O)c1[nH]c(C)c(C(=O)OC)c1C)c1ccccc1. The summed E-state index contributed by atoms with van der Waals surface area (Å²) in [6.45, 7) is 6.78. The number of rotatable bonds is 7. The van der Waals surface area contributed by atoms with Gasteiger partial charge in [-0.2, -0.15) is 0 Å². The first-order chi connectivity index (χ1) is 12.8. The standard InChI is InChI=1S/C21H25NO5/c1-6-16(15-10-8-7-9-11-15)20(24)27-14(4)19(23)18-12(2)17(13(3)22-18)21(25)26-5/h7-11,14,16,22H,6H2,1-5H3. The Bertz CT molecular complexity index is 838. The summed E-state index contributed by atoms with van der Waals surface area (Å²) in [4.78, 5) is 40.1. The van der Waals surface area contributed by atoms with Gasteiger partial charge in [-0.3, -0.25) is 9.59 Å². The fourth-order valence-corrected chi connectivity index (χ4v) is 3.14. The smallest absolute Gasteiger partial charge is 0.339 e. The van der Waals surface area contributed by atoms with Crippen molar-refractivity contribution >= 4 is 17.7 Å². The van der Waals surface area contributed by atoms with E-state index in [-0.39, 0.29) is 11.5 Å². The highest BCUT2D eigenvalue weighted by Gasteiger charge is 2.29. The van der Waals surface area contributed by atoms with Gasteiger partial charge in [-0.15, -0.1) is 0 Å². The summed E-state index contributed by atoms with van der Waals surface area (Å²) < 4.78 is 10.2. The molecule has 27 heavy (non-hydrogen) atoms. The van der Waals surface area contributed by atoms with Crippen molar-refractivity contribution < 1.29 is 23.9 Å². The minimum atomic E-state index is -0.975. The fraction of sp³-hybridized carbons (Fsp3) is 0.381. The number of carbonyl (C=O) groups is 3. The lowest BCUT2D eigenvalue weighted by atomic mass is 9.96. The second kappa shape index (κ2) is 8.66. The zero-order valence-corrected chi connectivity index (χ0v) is 16.3. The summed E-state index contributed by atoms with van der Waals surface area (Å²) in [5, 5.41) is 0. The van der Waals surface area contributed by atoms with Crippen LogP contribution in [-0.2, 0) is 14.3 Å². The van der Waals surface area contributed by atoms with Crippen LogP contribution < -0.4 is 0 Å². The van der Waals surface area contributed by atoms with Crippen LogP contribution >= 0.6 is 0 Å². The van der Waals surface area contributed by atoms with Crippen LogP contribution in [0.5, 0.6) is 0 Å². The number of aromatic amines is 1. The second-order valence-corrected chi connectivity index (χ2v) is 6.43. The van der Waals surface area contributed by atoms with Crippen molar-refractivity contribution in [2.45, 2.75) is 46.1 Å². The van der Waals surface area contributed by atoms with Crippen LogP contribution in [0.25, 0.3) is 0 Å². The molecule has 0 saturated heterocycles. The van der Waals surface area contributed by atoms with E-state index in [1.807, 2.05) is 37.3 Å². The lowest BCUT2D eigenvalue weighted by Gasteiger charge is -2.18. The molecule has 2 atom stereocenters. The maximum absolute atomic E-state index is 12.8. The van der Waals surface area contributed by atoms with Gasteiger partial charge < -0.3 is 14.5 Å². The average Bonchev–Trinajstić information content (AvgIpc) is 2.96. The number of hydrogen-bond acceptors (Lipinski definition) is 5. The Morgan fingerprint density at radius 3 is 2.30 bits per heavy atom. The third-order valence-electron chi connectivity index (χ3n) is 4.63. The van der Waals surface area contributed by atoms with E-state index in [9.17, 15) is 14.4 Å². The van der Waals surface area contributed by atoms with Gasteiger partial charge in [0.25, 0.3) is 0 Å². The van der Waals surface area contributed by atoms with E-state index < -0.39 is 24.0 Å². The first-order valence-electron chi connectivity index (χ1n) is 8.88. The summed E-state index contributed by atoms with van der Waals surface area (Å²) >= 11 is 0. The van der Waals surface area contributed by atoms with Crippen LogP contribution in [0.4, 0.5) is 0 Å². The van der Waals surface area contributed by atoms with Crippen LogP contribution in [0.3, 0.4) is 0 Å². The first-order valence-corrected chi connectivity index (χ1v) is 8.88. The molecule has 2 aromatic rings. The Labute approximate surface area is 158 Å². The van der Waals surface area contributed by atoms with Gasteiger partial charge >= 0.3 is 11.9 Å². The van der Waals surface area contributed by atoms with Crippen LogP contribution in [0.1, 0.15) is 63.9 Å². The quantitative estimate of drug-likeness (QED) is 0.592. The fourth-order valence-electron chi connectivity index (χ4n) is 3.14. The van der Waals surface area contributed by atoms with E-state index in [1.54, 1.807) is 13.8 Å². The number of aromatic nitrogens is 1. The van der Waals surface area contributed by atoms with Gasteiger partial charge in [0.2, 0.25) is 5.78 Å². The average molecular weight is 371 g/mol. The predicted molar refractivity (Wildman–Crippen MR) is 101 cm³/mol. The number of carbonyl (C=O) groups excluding carboxylic acids is 3. The molecule has 6 nitrogen and oxygen atoms in total. The monoisotopic (exact) mass is 371 g/mol. The van der Waals surface area contributed by atoms with E-state index >= 15 is 0 Å². The highest BCUT2D eigenvalue weighted by atomic mass is 16.5. The molecule has 2 unspecified atom stereocenters. The van der Waals surface area contributed by atoms with Gasteiger partial charge in [0, 0.05) is 5.69 Å². The van der Waals surface area contributed by atoms with Crippen molar-refractivity contribution in [3.63, 3.8) is 0 Å². The minimum absolute atomic E-state index is 0.251. The molecule has 2 rings (SSSR count). The summed E-state index contributed by atoms with van der Waals surface area (Å²) in [5.74, 6) is -1.78. The van der Waals surface area contributed by atoms with Crippen molar-refractivity contribution in [3.8, 4) is 0 Å². The normalized spacial score (nSPS) is 12.9. The topological polar surface area (TPSA) is 85.5 Å². The van der Waals surface area contributed by atoms with Gasteiger partial charge in [0.1, 0.15) is 0 Å². The third-order valence-corrected chi connectivity index (χ3v) is 4.63. The molecular weight excluding hydrogens is 346 g/mol. The van der Waals surface area contributed by atoms with E-state index in [0.717, 1.165) is 5.56 Å². The Morgan fingerprint density at radius 1 is 1.11 bits per heavy atom. The number of ketones is 1. The lowest BCUT2D eigenvalue weighted by molar-refractivity contribution is -0.148. The molecule has 0 bridgehead atoms. The maximum Gasteiger partial charge on any atom is 0.339 e. The molecule has 6 heteroatoms. The molecule has 0 aliphatic carbocycles. The highest BCUT2D eigenvalue weighted by Crippen LogP contribution is 2.24. The third kappa shape index (κ3) is 4.27. The molecule has 1 aromatic heterocycles. The molecule has 0 spiro atoms. The molecule has 1 N–H and O–H groups in total. The van der Waals surface area contributed by atoms with Crippen LogP contribution in [0.15, 0.2) is 30.3 Å². The number of methoxy groups -OCH3 is 1. The lowest BCUT2D eigenvalue weighted by Crippen LogP contribution is -2.28. The largest absolute Gasteiger partial charge is 0.465 e. The van der Waals surface area contributed by atoms with Gasteiger partial charge in [-0.1, -0.05) is 37.3 Å². The van der Waals surface area contributed by atoms with Gasteiger partial charge in [-0.25, -0.2) is 4.79 Å². The Hall–Kier alpha value is -2.89. The van der Waals surface area contributed by atoms with Crippen molar-refractivity contribution in [2.75, 3.05) is 7.11 Å². The Kier molecular flexibility index (Phi) is 6.55. The molecule has 0 fully saturated rings. The molecule has 0 amide bonds. The number of benzene rings is 1. The molecule has 0 radical (unpaired) electrons. The van der Waals surface area contributed by atoms with Crippen molar-refractivity contribution in [1.82, 2.24) is 4.98 Å². The van der Waals surface area contributed by atoms with Crippen molar-refractivity contribution in [3.05, 3.63) is 58.4 Å². The number of ether oxygens (including phenoxy) is 2. The predicted octanol–water partition coefficient (Wildman–Crippen LogP) is 3.73. The summed E-state index contributed by atoms with van der Waals surface area (Å²) in [6.07, 6.45) is -0.408. The zero-order valence-electron chi connectivity index (χ0n) is 16.3. The highest BCUT2D eigenvalue weighted by molar-refractivity contribution is 6.04. The number of hydrogen-bond donors (Lipinski definition) is 1. The van der Waals surface area contributed by atoms with Crippen LogP contribution in [-0.4, -0.2) is 35.9 Å². The molecular formula is C21H25NO5. The molecule has 0 aliphatic heterocycles. The maximum atomic E-state index is 12.8. The number of H-pyrrole nitrogens is 1. The summed E-state index contributed by atoms with van der Waals surface area (Å²) in [7, 11) is 1.29. The number of nitrogens with one attached hydrogen (secondary N) is 1. The van der Waals surface area contributed by atoms with Crippen LogP contribution in [0.2, 0.25) is 0 Å². The van der Waals surface area contributed by atoms with Gasteiger partial charge in [0.15, 0.2) is 6.10 Å². The van der Waals surface area contributed by atoms with Gasteiger partial charge in [-0.05, 0) is 38.3 Å². The van der Waals surface area contributed by atoms with E-state index in [2.05, 4.69) is 4.98 Å². The molecule has 144 valence electrons. The zero-order chi connectivity index (χ0) is 20.1. The number of esters is 2. The molecule has 1 aromatic carbocycles. The molecule has 0 saturated carbocycles. The molecule has 0 aliphatic rings. The first kappa shape index (κ1) is 20.4. The van der Waals surface area contributed by atoms with Crippen molar-refractivity contribution in [1.29, 1.82) is 0 Å². The second-order valence-electron chi connectivity index (χ2n) is 6.43. The van der Waals surface area contributed by atoms with Gasteiger partial charge in [0.05, 0.1) is 24.3 Å². The Balaban J connectivity index is 2.18. The van der Waals surface area contributed by atoms with E-state index in [4.69, 9.17) is 9.47 Å². The number of Topliss-reactive ketones (excluding diaryl/α,β-unsaturated/α-hetero) is 1. The molecule has 1 heterocycles. The van der Waals surface area contributed by atoms with Crippen molar-refractivity contribution in [2.24, 2.45) is 0 Å². The minimum Gasteiger partial charge on any atom is -0.465 e. The van der Waals surface area contributed by atoms with E-state index in [0.29, 0.717) is 23.2 Å². The number of aryl methyl sites for hydroxylation is 1. The Morgan fingerprint density at radius 2 is 1.74 bits per heavy atom. The van der Waals surface area contributed by atoms with E-state index in [1.165, 1.54) is 14.0 Å².